The Bertz CT molecular complexity index is 545. The van der Waals surface area contributed by atoms with Gasteiger partial charge in [-0.3, -0.25) is 4.79 Å². The molecule has 3 N–H and O–H groups in total. The summed E-state index contributed by atoms with van der Waals surface area (Å²) in [7, 11) is 1.65. The zero-order chi connectivity index (χ0) is 13.7. The lowest BCUT2D eigenvalue weighted by Crippen LogP contribution is -2.17. The van der Waals surface area contributed by atoms with Crippen molar-refractivity contribution in [3.8, 4) is 11.4 Å². The van der Waals surface area contributed by atoms with Crippen molar-refractivity contribution >= 4 is 11.6 Å². The van der Waals surface area contributed by atoms with Gasteiger partial charge in [0, 0.05) is 43.7 Å². The molecule has 1 aromatic heterocycles. The first kappa shape index (κ1) is 13.1. The predicted octanol–water partition coefficient (Wildman–Crippen LogP) is 1.66. The molecule has 0 atom stereocenters. The van der Waals surface area contributed by atoms with E-state index in [4.69, 9.17) is 5.73 Å². The number of carbonyl (C=O) groups is 1. The number of hydrogen-bond donors (Lipinski definition) is 2. The second kappa shape index (κ2) is 6.04. The standard InChI is InChI=1S/C14H18N4O/c1-16-13(19)3-2-9-18-10-8-17-14(18)11-4-6-12(15)7-5-11/h4-8,10H,2-3,9,15H2,1H3,(H,16,19). The minimum absolute atomic E-state index is 0.0640. The summed E-state index contributed by atoms with van der Waals surface area (Å²) >= 11 is 0. The van der Waals surface area contributed by atoms with Gasteiger partial charge in [0.1, 0.15) is 5.82 Å². The van der Waals surface area contributed by atoms with Crippen LogP contribution in [0.2, 0.25) is 0 Å². The van der Waals surface area contributed by atoms with E-state index in [9.17, 15) is 4.79 Å². The highest BCUT2D eigenvalue weighted by Crippen LogP contribution is 2.19. The third-order valence-electron chi connectivity index (χ3n) is 2.97. The molecule has 0 aliphatic carbocycles. The fourth-order valence-corrected chi connectivity index (χ4v) is 1.92. The van der Waals surface area contributed by atoms with Crippen LogP contribution in [0.15, 0.2) is 36.7 Å². The summed E-state index contributed by atoms with van der Waals surface area (Å²) in [4.78, 5) is 15.5. The number of nitrogens with two attached hydrogens (primary N) is 1. The van der Waals surface area contributed by atoms with Crippen LogP contribution in [0.25, 0.3) is 11.4 Å². The summed E-state index contributed by atoms with van der Waals surface area (Å²) in [6.45, 7) is 0.771. The molecule has 1 heterocycles. The second-order valence-corrected chi connectivity index (χ2v) is 4.34. The number of aryl methyl sites for hydroxylation is 1. The number of aromatic nitrogens is 2. The lowest BCUT2D eigenvalue weighted by atomic mass is 10.2. The number of nitrogens with one attached hydrogen (secondary N) is 1. The number of benzene rings is 1. The van der Waals surface area contributed by atoms with Crippen LogP contribution in [-0.2, 0) is 11.3 Å². The molecule has 2 aromatic rings. The van der Waals surface area contributed by atoms with Crippen LogP contribution in [0.1, 0.15) is 12.8 Å². The van der Waals surface area contributed by atoms with E-state index in [1.807, 2.05) is 30.5 Å². The van der Waals surface area contributed by atoms with Gasteiger partial charge in [-0.1, -0.05) is 0 Å². The summed E-state index contributed by atoms with van der Waals surface area (Å²) in [5.74, 6) is 0.964. The molecule has 5 nitrogen and oxygen atoms in total. The molecule has 0 unspecified atom stereocenters. The average Bonchev–Trinajstić information content (AvgIpc) is 2.88. The van der Waals surface area contributed by atoms with Gasteiger partial charge < -0.3 is 15.6 Å². The first-order valence-electron chi connectivity index (χ1n) is 6.28. The molecule has 0 saturated heterocycles. The molecule has 0 saturated carbocycles. The Balaban J connectivity index is 2.05. The minimum atomic E-state index is 0.0640. The summed E-state index contributed by atoms with van der Waals surface area (Å²) < 4.78 is 2.05. The van der Waals surface area contributed by atoms with Crippen molar-refractivity contribution in [2.45, 2.75) is 19.4 Å². The molecule has 5 heteroatoms. The second-order valence-electron chi connectivity index (χ2n) is 4.34. The van der Waals surface area contributed by atoms with Gasteiger partial charge >= 0.3 is 0 Å². The van der Waals surface area contributed by atoms with Crippen LogP contribution in [0, 0.1) is 0 Å². The Morgan fingerprint density at radius 2 is 2.11 bits per heavy atom. The summed E-state index contributed by atoms with van der Waals surface area (Å²) in [5.41, 5.74) is 7.44. The van der Waals surface area contributed by atoms with Crippen molar-refractivity contribution in [1.82, 2.24) is 14.9 Å². The maximum Gasteiger partial charge on any atom is 0.219 e. The number of carbonyl (C=O) groups excluding carboxylic acids is 1. The number of rotatable bonds is 5. The van der Waals surface area contributed by atoms with Crippen molar-refractivity contribution in [3.63, 3.8) is 0 Å². The summed E-state index contributed by atoms with van der Waals surface area (Å²) in [6, 6.07) is 7.62. The lowest BCUT2D eigenvalue weighted by molar-refractivity contribution is -0.120. The van der Waals surface area contributed by atoms with Gasteiger partial charge in [0.15, 0.2) is 0 Å². The van der Waals surface area contributed by atoms with Crippen molar-refractivity contribution in [1.29, 1.82) is 0 Å². The van der Waals surface area contributed by atoms with Crippen molar-refractivity contribution in [3.05, 3.63) is 36.7 Å². The van der Waals surface area contributed by atoms with Crippen molar-refractivity contribution in [2.24, 2.45) is 0 Å². The molecular formula is C14H18N4O. The van der Waals surface area contributed by atoms with Gasteiger partial charge in [-0.15, -0.1) is 0 Å². The van der Waals surface area contributed by atoms with E-state index in [2.05, 4.69) is 14.9 Å². The molecule has 1 amide bonds. The number of hydrogen-bond acceptors (Lipinski definition) is 3. The number of amides is 1. The zero-order valence-electron chi connectivity index (χ0n) is 11.0. The molecule has 0 radical (unpaired) electrons. The van der Waals surface area contributed by atoms with Crippen LogP contribution in [0.4, 0.5) is 5.69 Å². The highest BCUT2D eigenvalue weighted by atomic mass is 16.1. The van der Waals surface area contributed by atoms with E-state index >= 15 is 0 Å². The maximum absolute atomic E-state index is 11.2. The van der Waals surface area contributed by atoms with Gasteiger partial charge in [-0.25, -0.2) is 4.98 Å². The van der Waals surface area contributed by atoms with Gasteiger partial charge in [0.25, 0.3) is 0 Å². The SMILES string of the molecule is CNC(=O)CCCn1ccnc1-c1ccc(N)cc1. The van der Waals surface area contributed by atoms with Gasteiger partial charge in [0.05, 0.1) is 0 Å². The number of nitrogens with zero attached hydrogens (tertiary/aromatic N) is 2. The Labute approximate surface area is 112 Å². The molecule has 100 valence electrons. The normalized spacial score (nSPS) is 10.4. The topological polar surface area (TPSA) is 72.9 Å². The van der Waals surface area contributed by atoms with Crippen LogP contribution in [0.5, 0.6) is 0 Å². The average molecular weight is 258 g/mol. The van der Waals surface area contributed by atoms with E-state index in [1.54, 1.807) is 13.2 Å². The lowest BCUT2D eigenvalue weighted by Gasteiger charge is -2.08. The molecule has 0 fully saturated rings. The highest BCUT2D eigenvalue weighted by Gasteiger charge is 2.06. The number of imidazole rings is 1. The van der Waals surface area contributed by atoms with E-state index in [1.165, 1.54) is 0 Å². The first-order valence-corrected chi connectivity index (χ1v) is 6.28. The largest absolute Gasteiger partial charge is 0.399 e. The summed E-state index contributed by atoms with van der Waals surface area (Å²) in [6.07, 6.45) is 5.01. The Hall–Kier alpha value is -2.30. The van der Waals surface area contributed by atoms with Gasteiger partial charge in [-0.2, -0.15) is 0 Å². The third-order valence-corrected chi connectivity index (χ3v) is 2.97. The Kier molecular flexibility index (Phi) is 4.18. The van der Waals surface area contributed by atoms with Crippen LogP contribution in [-0.4, -0.2) is 22.5 Å². The molecule has 0 spiro atoms. The van der Waals surface area contributed by atoms with Crippen LogP contribution in [0.3, 0.4) is 0 Å². The summed E-state index contributed by atoms with van der Waals surface area (Å²) in [5, 5.41) is 2.62. The third kappa shape index (κ3) is 3.34. The number of anilines is 1. The molecule has 2 rings (SSSR count). The maximum atomic E-state index is 11.2. The molecule has 0 bridgehead atoms. The molecule has 1 aromatic carbocycles. The number of nitrogen functional groups attached to an aromatic ring is 1. The molecular weight excluding hydrogens is 240 g/mol. The van der Waals surface area contributed by atoms with Crippen molar-refractivity contribution < 1.29 is 4.79 Å². The smallest absolute Gasteiger partial charge is 0.219 e. The Morgan fingerprint density at radius 3 is 2.79 bits per heavy atom. The van der Waals surface area contributed by atoms with Gasteiger partial charge in [0.2, 0.25) is 5.91 Å². The fourth-order valence-electron chi connectivity index (χ4n) is 1.92. The first-order chi connectivity index (χ1) is 9.20. The van der Waals surface area contributed by atoms with Crippen LogP contribution >= 0.6 is 0 Å². The van der Waals surface area contributed by atoms with Gasteiger partial charge in [-0.05, 0) is 30.7 Å². The quantitative estimate of drug-likeness (QED) is 0.801. The predicted molar refractivity (Wildman–Crippen MR) is 75.4 cm³/mol. The highest BCUT2D eigenvalue weighted by molar-refractivity contribution is 5.75. The molecule has 0 aliphatic rings. The monoisotopic (exact) mass is 258 g/mol. The zero-order valence-corrected chi connectivity index (χ0v) is 11.0. The van der Waals surface area contributed by atoms with E-state index in [0.29, 0.717) is 6.42 Å². The van der Waals surface area contributed by atoms with Crippen molar-refractivity contribution in [2.75, 3.05) is 12.8 Å². The van der Waals surface area contributed by atoms with Crippen LogP contribution < -0.4 is 11.1 Å². The minimum Gasteiger partial charge on any atom is -0.399 e. The van der Waals surface area contributed by atoms with E-state index in [0.717, 1.165) is 30.0 Å². The fraction of sp³-hybridized carbons (Fsp3) is 0.286. The Morgan fingerprint density at radius 1 is 1.37 bits per heavy atom. The molecule has 0 aliphatic heterocycles. The molecule has 19 heavy (non-hydrogen) atoms. The van der Waals surface area contributed by atoms with E-state index in [-0.39, 0.29) is 5.91 Å². The van der Waals surface area contributed by atoms with E-state index < -0.39 is 0 Å².